The van der Waals surface area contributed by atoms with E-state index < -0.39 is 18.2 Å². The van der Waals surface area contributed by atoms with Crippen LogP contribution in [-0.2, 0) is 14.3 Å². The highest BCUT2D eigenvalue weighted by Crippen LogP contribution is 2.18. The fraction of sp³-hybridized carbons (Fsp3) is 0.793. The Morgan fingerprint density at radius 2 is 0.828 bits per heavy atom. The number of esters is 1. The van der Waals surface area contributed by atoms with Gasteiger partial charge in [0.2, 0.25) is 5.91 Å². The van der Waals surface area contributed by atoms with E-state index in [1.54, 1.807) is 0 Å². The first-order chi connectivity index (χ1) is 31.5. The highest BCUT2D eigenvalue weighted by molar-refractivity contribution is 5.77. The maximum atomic E-state index is 13.2. The van der Waals surface area contributed by atoms with E-state index in [9.17, 15) is 19.8 Å². The Morgan fingerprint density at radius 1 is 0.453 bits per heavy atom. The Morgan fingerprint density at radius 3 is 1.27 bits per heavy atom. The van der Waals surface area contributed by atoms with E-state index in [1.165, 1.54) is 154 Å². The molecule has 0 aliphatic heterocycles. The lowest BCUT2D eigenvalue weighted by molar-refractivity contribution is -0.151. The minimum Gasteiger partial charge on any atom is -0.462 e. The van der Waals surface area contributed by atoms with Crippen LogP contribution in [0.2, 0.25) is 0 Å². The fourth-order valence-electron chi connectivity index (χ4n) is 8.29. The Hall–Kier alpha value is -2.44. The Kier molecular flexibility index (Phi) is 49.6. The molecule has 372 valence electrons. The zero-order chi connectivity index (χ0) is 46.7. The van der Waals surface area contributed by atoms with Crippen LogP contribution >= 0.6 is 0 Å². The fourth-order valence-corrected chi connectivity index (χ4v) is 8.29. The molecule has 0 bridgehead atoms. The Bertz CT molecular complexity index is 1140. The molecule has 0 aliphatic rings. The van der Waals surface area contributed by atoms with Crippen LogP contribution in [-0.4, -0.2) is 46.9 Å². The van der Waals surface area contributed by atoms with Crippen LogP contribution in [0.15, 0.2) is 60.8 Å². The van der Waals surface area contributed by atoms with Crippen LogP contribution < -0.4 is 5.32 Å². The average molecular weight is 896 g/mol. The summed E-state index contributed by atoms with van der Waals surface area (Å²) in [6.45, 7) is 6.40. The van der Waals surface area contributed by atoms with Crippen LogP contribution in [0.5, 0.6) is 0 Å². The predicted molar refractivity (Wildman–Crippen MR) is 278 cm³/mol. The molecule has 0 radical (unpaired) electrons. The maximum Gasteiger partial charge on any atom is 0.306 e. The third kappa shape index (κ3) is 46.1. The number of hydrogen-bond donors (Lipinski definition) is 3. The summed E-state index contributed by atoms with van der Waals surface area (Å²) in [5.74, 6) is -0.509. The smallest absolute Gasteiger partial charge is 0.306 e. The molecule has 6 nitrogen and oxygen atoms in total. The number of nitrogens with one attached hydrogen (secondary N) is 1. The van der Waals surface area contributed by atoms with E-state index in [0.29, 0.717) is 19.3 Å². The van der Waals surface area contributed by atoms with Crippen molar-refractivity contribution in [1.82, 2.24) is 5.32 Å². The predicted octanol–water partition coefficient (Wildman–Crippen LogP) is 16.8. The topological polar surface area (TPSA) is 95.9 Å². The SMILES string of the molecule is CCC/C=C/C=C/C=C/C=C/C=C/CCCCCC(CC(=O)NC(CO)C(O)CCCCCCCCCCCCCCCCCCC)OC(=O)CCCCCCCCCCCCCC. The molecule has 3 atom stereocenters. The lowest BCUT2D eigenvalue weighted by Crippen LogP contribution is -2.46. The van der Waals surface area contributed by atoms with Crippen molar-refractivity contribution in [2.75, 3.05) is 6.61 Å². The van der Waals surface area contributed by atoms with Crippen molar-refractivity contribution in [3.63, 3.8) is 0 Å². The first-order valence-corrected chi connectivity index (χ1v) is 27.6. The summed E-state index contributed by atoms with van der Waals surface area (Å²) in [7, 11) is 0. The van der Waals surface area contributed by atoms with E-state index in [2.05, 4.69) is 50.4 Å². The number of amides is 1. The minimum absolute atomic E-state index is 0.0506. The number of rotatable bonds is 49. The molecule has 3 unspecified atom stereocenters. The molecular formula is C58H105NO5. The molecule has 0 spiro atoms. The quantitative estimate of drug-likeness (QED) is 0.0321. The van der Waals surface area contributed by atoms with Crippen LogP contribution in [0.3, 0.4) is 0 Å². The van der Waals surface area contributed by atoms with Gasteiger partial charge in [-0.15, -0.1) is 0 Å². The highest BCUT2D eigenvalue weighted by atomic mass is 16.5. The molecule has 0 aromatic carbocycles. The number of hydrogen-bond acceptors (Lipinski definition) is 5. The zero-order valence-corrected chi connectivity index (χ0v) is 42.4. The van der Waals surface area contributed by atoms with Crippen molar-refractivity contribution in [2.24, 2.45) is 0 Å². The van der Waals surface area contributed by atoms with Crippen molar-refractivity contribution in [3.8, 4) is 0 Å². The molecule has 3 N–H and O–H groups in total. The molecule has 0 saturated carbocycles. The van der Waals surface area contributed by atoms with E-state index in [-0.39, 0.29) is 24.9 Å². The van der Waals surface area contributed by atoms with E-state index in [0.717, 1.165) is 70.6 Å². The van der Waals surface area contributed by atoms with E-state index in [1.807, 2.05) is 36.5 Å². The molecule has 0 rings (SSSR count). The van der Waals surface area contributed by atoms with Gasteiger partial charge in [-0.05, 0) is 44.9 Å². The molecule has 0 saturated heterocycles. The van der Waals surface area contributed by atoms with Crippen LogP contribution in [0.25, 0.3) is 0 Å². The number of ether oxygens (including phenoxy) is 1. The molecular weight excluding hydrogens is 791 g/mol. The number of allylic oxidation sites excluding steroid dienone is 10. The first kappa shape index (κ1) is 61.6. The monoisotopic (exact) mass is 896 g/mol. The van der Waals surface area contributed by atoms with Gasteiger partial charge in [0, 0.05) is 6.42 Å². The lowest BCUT2D eigenvalue weighted by Gasteiger charge is -2.24. The van der Waals surface area contributed by atoms with Gasteiger partial charge in [-0.3, -0.25) is 9.59 Å². The summed E-state index contributed by atoms with van der Waals surface area (Å²) in [5, 5.41) is 23.8. The van der Waals surface area contributed by atoms with Crippen LogP contribution in [0.4, 0.5) is 0 Å². The standard InChI is InChI=1S/C58H105NO5/c1-4-7-10-13-16-19-22-25-27-29-31-33-35-38-41-44-47-50-56(61)55(53-60)59-57(62)52-54(64-58(63)51-48-45-42-39-36-24-21-18-15-12-9-6-3)49-46-43-40-37-34-32-30-28-26-23-20-17-14-11-8-5-2/h11,14,17,20,23,26,28,30,32,34,54-56,60-61H,4-10,12-13,15-16,18-19,21-22,24-25,27,29,31,33,35-53H2,1-3H3,(H,59,62)/b14-11+,20-17+,26-23+,30-28+,34-32+. The summed E-state index contributed by atoms with van der Waals surface area (Å²) in [5.41, 5.74) is 0. The van der Waals surface area contributed by atoms with Crippen LogP contribution in [0.1, 0.15) is 271 Å². The molecule has 0 aromatic rings. The summed E-state index contributed by atoms with van der Waals surface area (Å²) in [6.07, 6.45) is 64.2. The number of carbonyl (C=O) groups excluding carboxylic acids is 2. The maximum absolute atomic E-state index is 13.2. The van der Waals surface area contributed by atoms with Gasteiger partial charge < -0.3 is 20.3 Å². The minimum atomic E-state index is -0.800. The van der Waals surface area contributed by atoms with Gasteiger partial charge in [-0.1, -0.05) is 274 Å². The molecule has 0 aliphatic carbocycles. The Balaban J connectivity index is 4.60. The average Bonchev–Trinajstić information content (AvgIpc) is 3.29. The van der Waals surface area contributed by atoms with Crippen molar-refractivity contribution >= 4 is 11.9 Å². The van der Waals surface area contributed by atoms with Gasteiger partial charge in [0.1, 0.15) is 6.10 Å². The number of aliphatic hydroxyl groups is 2. The van der Waals surface area contributed by atoms with Crippen molar-refractivity contribution in [3.05, 3.63) is 60.8 Å². The number of unbranched alkanes of at least 4 members (excludes halogenated alkanes) is 31. The number of carbonyl (C=O) groups is 2. The third-order valence-corrected chi connectivity index (χ3v) is 12.5. The normalized spacial score (nSPS) is 13.6. The first-order valence-electron chi connectivity index (χ1n) is 27.6. The molecule has 1 amide bonds. The van der Waals surface area contributed by atoms with Crippen molar-refractivity contribution in [2.45, 2.75) is 289 Å². The molecule has 6 heteroatoms. The van der Waals surface area contributed by atoms with Gasteiger partial charge in [-0.2, -0.15) is 0 Å². The summed E-state index contributed by atoms with van der Waals surface area (Å²) < 4.78 is 5.92. The summed E-state index contributed by atoms with van der Waals surface area (Å²) >= 11 is 0. The number of aliphatic hydroxyl groups excluding tert-OH is 2. The molecule has 0 heterocycles. The van der Waals surface area contributed by atoms with E-state index in [4.69, 9.17) is 4.74 Å². The van der Waals surface area contributed by atoms with Gasteiger partial charge in [-0.25, -0.2) is 0 Å². The van der Waals surface area contributed by atoms with Gasteiger partial charge in [0.15, 0.2) is 0 Å². The van der Waals surface area contributed by atoms with Gasteiger partial charge >= 0.3 is 5.97 Å². The van der Waals surface area contributed by atoms with E-state index >= 15 is 0 Å². The lowest BCUT2D eigenvalue weighted by atomic mass is 10.0. The van der Waals surface area contributed by atoms with Gasteiger partial charge in [0.05, 0.1) is 25.2 Å². The summed E-state index contributed by atoms with van der Waals surface area (Å²) in [4.78, 5) is 26.2. The second-order valence-electron chi connectivity index (χ2n) is 18.8. The molecule has 64 heavy (non-hydrogen) atoms. The largest absolute Gasteiger partial charge is 0.462 e. The summed E-state index contributed by atoms with van der Waals surface area (Å²) in [6, 6.07) is -0.716. The van der Waals surface area contributed by atoms with Crippen molar-refractivity contribution < 1.29 is 24.5 Å². The van der Waals surface area contributed by atoms with Crippen molar-refractivity contribution in [1.29, 1.82) is 0 Å². The Labute approximate surface area is 397 Å². The second-order valence-corrected chi connectivity index (χ2v) is 18.8. The molecule has 0 aromatic heterocycles. The van der Waals surface area contributed by atoms with Gasteiger partial charge in [0.25, 0.3) is 0 Å². The molecule has 0 fully saturated rings. The zero-order valence-electron chi connectivity index (χ0n) is 42.4. The highest BCUT2D eigenvalue weighted by Gasteiger charge is 2.24. The van der Waals surface area contributed by atoms with Crippen LogP contribution in [0, 0.1) is 0 Å². The second kappa shape index (κ2) is 51.5. The third-order valence-electron chi connectivity index (χ3n) is 12.5.